The lowest BCUT2D eigenvalue weighted by molar-refractivity contribution is -0.191. The average molecular weight is 357 g/mol. The average Bonchev–Trinajstić information content (AvgIpc) is 3.11. The maximum absolute atomic E-state index is 12.6. The number of unbranched alkanes of at least 4 members (excludes halogenated alkanes) is 1. The summed E-state index contributed by atoms with van der Waals surface area (Å²) in [5, 5.41) is 0.161. The van der Waals surface area contributed by atoms with Crippen LogP contribution in [-0.4, -0.2) is 38.2 Å². The van der Waals surface area contributed by atoms with E-state index in [1.165, 1.54) is 0 Å². The van der Waals surface area contributed by atoms with Gasteiger partial charge in [0.2, 0.25) is 0 Å². The third kappa shape index (κ3) is 3.88. The summed E-state index contributed by atoms with van der Waals surface area (Å²) in [6.07, 6.45) is 3.59. The predicted octanol–water partition coefficient (Wildman–Crippen LogP) is 4.68. The van der Waals surface area contributed by atoms with Gasteiger partial charge in [-0.3, -0.25) is 0 Å². The van der Waals surface area contributed by atoms with Crippen LogP contribution in [0.4, 0.5) is 0 Å². The SMILES string of the molecule is CCCCOC(=O)[C@]12C[C@H]1[C@@H](O[Si](C)(C)C(C)(C)C)CC(C)(C)O2. The molecule has 1 aliphatic heterocycles. The molecule has 5 heteroatoms. The van der Waals surface area contributed by atoms with Gasteiger partial charge in [-0.15, -0.1) is 0 Å². The van der Waals surface area contributed by atoms with Crippen molar-refractivity contribution in [2.75, 3.05) is 6.61 Å². The van der Waals surface area contributed by atoms with Crippen LogP contribution in [0.25, 0.3) is 0 Å². The van der Waals surface area contributed by atoms with Gasteiger partial charge in [-0.2, -0.15) is 0 Å². The van der Waals surface area contributed by atoms with Gasteiger partial charge in [-0.05, 0) is 44.8 Å². The molecule has 3 atom stereocenters. The molecule has 24 heavy (non-hydrogen) atoms. The number of rotatable bonds is 6. The first-order chi connectivity index (χ1) is 10.8. The van der Waals surface area contributed by atoms with E-state index in [-0.39, 0.29) is 28.6 Å². The fourth-order valence-corrected chi connectivity index (χ4v) is 4.72. The molecule has 1 heterocycles. The summed E-state index contributed by atoms with van der Waals surface area (Å²) in [5.41, 5.74) is -1.12. The highest BCUT2D eigenvalue weighted by molar-refractivity contribution is 6.74. The zero-order valence-electron chi connectivity index (χ0n) is 16.8. The third-order valence-corrected chi connectivity index (χ3v) is 10.4. The molecule has 1 saturated carbocycles. The lowest BCUT2D eigenvalue weighted by atomic mass is 9.92. The van der Waals surface area contributed by atoms with E-state index < -0.39 is 13.9 Å². The van der Waals surface area contributed by atoms with Gasteiger partial charge in [-0.1, -0.05) is 34.1 Å². The van der Waals surface area contributed by atoms with Crippen molar-refractivity contribution >= 4 is 14.3 Å². The molecule has 1 saturated heterocycles. The summed E-state index contributed by atoms with van der Waals surface area (Å²) in [5.74, 6) is -0.0358. The minimum absolute atomic E-state index is 0.0911. The van der Waals surface area contributed by atoms with E-state index in [0.717, 1.165) is 25.7 Å². The predicted molar refractivity (Wildman–Crippen MR) is 98.6 cm³/mol. The quantitative estimate of drug-likeness (QED) is 0.394. The Morgan fingerprint density at radius 3 is 2.42 bits per heavy atom. The molecule has 0 aromatic carbocycles. The first kappa shape index (κ1) is 19.9. The Morgan fingerprint density at radius 2 is 1.88 bits per heavy atom. The lowest BCUT2D eigenvalue weighted by Gasteiger charge is -2.45. The molecule has 0 N–H and O–H groups in total. The van der Waals surface area contributed by atoms with Crippen LogP contribution < -0.4 is 0 Å². The Labute approximate surface area is 148 Å². The Hall–Kier alpha value is -0.393. The topological polar surface area (TPSA) is 44.8 Å². The Bertz CT molecular complexity index is 480. The molecule has 2 aliphatic rings. The second-order valence-corrected chi connectivity index (χ2v) is 14.4. The van der Waals surface area contributed by atoms with E-state index in [4.69, 9.17) is 13.9 Å². The molecule has 0 radical (unpaired) electrons. The summed E-state index contributed by atoms with van der Waals surface area (Å²) < 4.78 is 18.4. The molecule has 0 aromatic rings. The number of esters is 1. The molecule has 0 aromatic heterocycles. The molecular weight excluding hydrogens is 320 g/mol. The van der Waals surface area contributed by atoms with Crippen molar-refractivity contribution in [3.05, 3.63) is 0 Å². The van der Waals surface area contributed by atoms with Crippen molar-refractivity contribution in [1.82, 2.24) is 0 Å². The van der Waals surface area contributed by atoms with Gasteiger partial charge in [-0.25, -0.2) is 4.79 Å². The maximum Gasteiger partial charge on any atom is 0.338 e. The number of carbonyl (C=O) groups is 1. The van der Waals surface area contributed by atoms with Gasteiger partial charge in [0.1, 0.15) is 0 Å². The van der Waals surface area contributed by atoms with E-state index in [0.29, 0.717) is 6.61 Å². The number of fused-ring (bicyclic) bond motifs is 1. The zero-order chi connectivity index (χ0) is 18.4. The minimum atomic E-state index is -1.88. The summed E-state index contributed by atoms with van der Waals surface area (Å²) in [4.78, 5) is 12.6. The molecule has 0 bridgehead atoms. The fraction of sp³-hybridized carbons (Fsp3) is 0.947. The molecule has 0 unspecified atom stereocenters. The van der Waals surface area contributed by atoms with Crippen LogP contribution in [0.3, 0.4) is 0 Å². The molecule has 2 rings (SSSR count). The van der Waals surface area contributed by atoms with Crippen LogP contribution in [-0.2, 0) is 18.7 Å². The maximum atomic E-state index is 12.6. The fourth-order valence-electron chi connectivity index (χ4n) is 3.37. The molecule has 0 spiro atoms. The van der Waals surface area contributed by atoms with Crippen LogP contribution in [0.15, 0.2) is 0 Å². The first-order valence-corrected chi connectivity index (χ1v) is 12.3. The third-order valence-electron chi connectivity index (χ3n) is 5.89. The van der Waals surface area contributed by atoms with Gasteiger partial charge in [0.25, 0.3) is 0 Å². The number of ether oxygens (including phenoxy) is 2. The highest BCUT2D eigenvalue weighted by Gasteiger charge is 2.71. The molecule has 1 aliphatic carbocycles. The van der Waals surface area contributed by atoms with Crippen LogP contribution in [0.2, 0.25) is 18.1 Å². The van der Waals surface area contributed by atoms with Crippen molar-refractivity contribution < 1.29 is 18.7 Å². The van der Waals surface area contributed by atoms with Gasteiger partial charge in [0, 0.05) is 12.3 Å². The summed E-state index contributed by atoms with van der Waals surface area (Å²) >= 11 is 0. The van der Waals surface area contributed by atoms with Crippen molar-refractivity contribution in [1.29, 1.82) is 0 Å². The second kappa shape index (κ2) is 6.40. The molecule has 4 nitrogen and oxygen atoms in total. The van der Waals surface area contributed by atoms with Crippen LogP contribution >= 0.6 is 0 Å². The summed E-state index contributed by atoms with van der Waals surface area (Å²) in [6, 6.07) is 0. The van der Waals surface area contributed by atoms with E-state index in [1.54, 1.807) is 0 Å². The normalized spacial score (nSPS) is 32.2. The largest absolute Gasteiger partial charge is 0.464 e. The number of carbonyl (C=O) groups excluding carboxylic acids is 1. The Kier molecular flexibility index (Phi) is 5.31. The number of hydrogen-bond acceptors (Lipinski definition) is 4. The smallest absolute Gasteiger partial charge is 0.338 e. The summed E-state index contributed by atoms with van der Waals surface area (Å²) in [7, 11) is -1.88. The lowest BCUT2D eigenvalue weighted by Crippen LogP contribution is -2.53. The highest BCUT2D eigenvalue weighted by atomic mass is 28.4. The Balaban J connectivity index is 2.12. The zero-order valence-corrected chi connectivity index (χ0v) is 17.8. The molecular formula is C19H36O4Si. The molecule has 140 valence electrons. The van der Waals surface area contributed by atoms with Gasteiger partial charge in [0.15, 0.2) is 13.9 Å². The molecule has 0 amide bonds. The van der Waals surface area contributed by atoms with E-state index >= 15 is 0 Å². The van der Waals surface area contributed by atoms with E-state index in [9.17, 15) is 4.79 Å². The van der Waals surface area contributed by atoms with Crippen molar-refractivity contribution in [2.45, 2.75) is 103 Å². The highest BCUT2D eigenvalue weighted by Crippen LogP contribution is 2.59. The van der Waals surface area contributed by atoms with Gasteiger partial charge in [0.05, 0.1) is 18.3 Å². The summed E-state index contributed by atoms with van der Waals surface area (Å²) in [6.45, 7) is 18.0. The first-order valence-electron chi connectivity index (χ1n) is 9.40. The van der Waals surface area contributed by atoms with Crippen molar-refractivity contribution in [2.24, 2.45) is 5.92 Å². The van der Waals surface area contributed by atoms with Crippen molar-refractivity contribution in [3.63, 3.8) is 0 Å². The Morgan fingerprint density at radius 1 is 1.25 bits per heavy atom. The van der Waals surface area contributed by atoms with Crippen LogP contribution in [0.1, 0.15) is 67.2 Å². The van der Waals surface area contributed by atoms with E-state index in [1.807, 2.05) is 0 Å². The van der Waals surface area contributed by atoms with Crippen LogP contribution in [0.5, 0.6) is 0 Å². The van der Waals surface area contributed by atoms with Crippen molar-refractivity contribution in [3.8, 4) is 0 Å². The second-order valence-electron chi connectivity index (χ2n) is 9.67. The minimum Gasteiger partial charge on any atom is -0.464 e. The van der Waals surface area contributed by atoms with Gasteiger partial charge >= 0.3 is 5.97 Å². The molecule has 2 fully saturated rings. The van der Waals surface area contributed by atoms with Crippen LogP contribution in [0, 0.1) is 5.92 Å². The standard InChI is InChI=1S/C19H36O4Si/c1-9-10-11-21-16(20)19-12-14(19)15(13-18(5,6)23-19)22-24(7,8)17(2,3)4/h14-15H,9-13H2,1-8H3/t14-,15-,19-/m0/s1. The van der Waals surface area contributed by atoms with Gasteiger partial charge < -0.3 is 13.9 Å². The number of hydrogen-bond donors (Lipinski definition) is 0. The monoisotopic (exact) mass is 356 g/mol. The van der Waals surface area contributed by atoms with E-state index in [2.05, 4.69) is 54.6 Å².